The third kappa shape index (κ3) is 5.08. The number of amides is 2. The van der Waals surface area contributed by atoms with E-state index in [2.05, 4.69) is 20.8 Å². The Morgan fingerprint density at radius 1 is 1.13 bits per heavy atom. The summed E-state index contributed by atoms with van der Waals surface area (Å²) in [5.74, 6) is -1.61. The smallest absolute Gasteiger partial charge is 0.308 e. The van der Waals surface area contributed by atoms with Crippen molar-refractivity contribution in [3.63, 3.8) is 0 Å². The quantitative estimate of drug-likeness (QED) is 0.478. The number of para-hydroxylation sites is 1. The van der Waals surface area contributed by atoms with Gasteiger partial charge in [-0.3, -0.25) is 19.5 Å². The molecule has 0 aliphatic rings. The first kappa shape index (κ1) is 21.6. The molecule has 30 heavy (non-hydrogen) atoms. The molecule has 0 fully saturated rings. The summed E-state index contributed by atoms with van der Waals surface area (Å²) in [6, 6.07) is 12.0. The molecule has 1 unspecified atom stereocenters. The van der Waals surface area contributed by atoms with Crippen LogP contribution in [0.2, 0.25) is 10.0 Å². The lowest BCUT2D eigenvalue weighted by Gasteiger charge is -2.14. The monoisotopic (exact) mass is 448 g/mol. The maximum absolute atomic E-state index is 12.3. The Labute approximate surface area is 181 Å². The van der Waals surface area contributed by atoms with Gasteiger partial charge in [0.05, 0.1) is 27.7 Å². The van der Waals surface area contributed by atoms with Crippen molar-refractivity contribution in [1.29, 1.82) is 0 Å². The molecule has 2 amide bonds. The van der Waals surface area contributed by atoms with Crippen LogP contribution in [-0.4, -0.2) is 40.6 Å². The summed E-state index contributed by atoms with van der Waals surface area (Å²) in [6.45, 7) is 1.47. The molecule has 3 rings (SSSR count). The Bertz CT molecular complexity index is 1100. The van der Waals surface area contributed by atoms with Gasteiger partial charge in [-0.15, -0.1) is 0 Å². The van der Waals surface area contributed by atoms with Crippen LogP contribution in [-0.2, 0) is 14.3 Å². The molecule has 1 atom stereocenters. The number of carbonyl (C=O) groups is 3. The third-order valence-corrected chi connectivity index (χ3v) is 5.01. The van der Waals surface area contributed by atoms with Gasteiger partial charge < -0.3 is 15.4 Å². The summed E-state index contributed by atoms with van der Waals surface area (Å²) in [5.41, 5.74) is 1.29. The molecular formula is C20H18Cl2N4O4. The zero-order valence-corrected chi connectivity index (χ0v) is 17.4. The summed E-state index contributed by atoms with van der Waals surface area (Å²) in [7, 11) is 0. The van der Waals surface area contributed by atoms with E-state index in [-0.39, 0.29) is 23.7 Å². The van der Waals surface area contributed by atoms with Crippen LogP contribution >= 0.6 is 23.2 Å². The van der Waals surface area contributed by atoms with E-state index < -0.39 is 23.9 Å². The highest BCUT2D eigenvalue weighted by atomic mass is 35.5. The van der Waals surface area contributed by atoms with E-state index in [4.69, 9.17) is 27.9 Å². The average molecular weight is 449 g/mol. The number of benzene rings is 2. The first-order chi connectivity index (χ1) is 14.4. The average Bonchev–Trinajstić information content (AvgIpc) is 3.15. The number of esters is 1. The van der Waals surface area contributed by atoms with Crippen LogP contribution in [0.3, 0.4) is 0 Å². The fourth-order valence-electron chi connectivity index (χ4n) is 2.64. The van der Waals surface area contributed by atoms with Crippen LogP contribution in [0, 0.1) is 0 Å². The van der Waals surface area contributed by atoms with Gasteiger partial charge in [0.1, 0.15) is 0 Å². The standard InChI is InChI=1S/C20H18Cl2N4O4/c1-11(19(28)24-15-8-4-6-13(21)17(15)22)30-16(27)9-10-23-20(29)18-12-5-2-3-7-14(12)25-26-18/h2-8,11H,9-10H2,1H3,(H,23,29)(H,24,28)(H,25,26). The molecule has 1 aromatic heterocycles. The number of rotatable bonds is 7. The molecule has 0 bridgehead atoms. The van der Waals surface area contributed by atoms with Crippen molar-refractivity contribution in [3.05, 3.63) is 58.2 Å². The fourth-order valence-corrected chi connectivity index (χ4v) is 2.99. The molecule has 0 saturated carbocycles. The van der Waals surface area contributed by atoms with Gasteiger partial charge >= 0.3 is 5.97 Å². The number of H-pyrrole nitrogens is 1. The van der Waals surface area contributed by atoms with E-state index in [1.165, 1.54) is 6.92 Å². The molecule has 3 aromatic rings. The number of hydrogen-bond donors (Lipinski definition) is 3. The normalized spacial score (nSPS) is 11.7. The molecule has 3 N–H and O–H groups in total. The highest BCUT2D eigenvalue weighted by Gasteiger charge is 2.20. The van der Waals surface area contributed by atoms with Crippen molar-refractivity contribution in [3.8, 4) is 0 Å². The molecule has 156 valence electrons. The lowest BCUT2D eigenvalue weighted by atomic mass is 10.2. The minimum atomic E-state index is -1.06. The van der Waals surface area contributed by atoms with Gasteiger partial charge in [-0.05, 0) is 25.1 Å². The van der Waals surface area contributed by atoms with Crippen LogP contribution in [0.15, 0.2) is 42.5 Å². The van der Waals surface area contributed by atoms with Crippen molar-refractivity contribution in [1.82, 2.24) is 15.5 Å². The van der Waals surface area contributed by atoms with Crippen LogP contribution in [0.4, 0.5) is 5.69 Å². The highest BCUT2D eigenvalue weighted by molar-refractivity contribution is 6.44. The van der Waals surface area contributed by atoms with Gasteiger partial charge in [0.2, 0.25) is 0 Å². The van der Waals surface area contributed by atoms with Gasteiger partial charge in [-0.2, -0.15) is 5.10 Å². The molecular weight excluding hydrogens is 431 g/mol. The van der Waals surface area contributed by atoms with E-state index in [1.807, 2.05) is 6.07 Å². The van der Waals surface area contributed by atoms with Gasteiger partial charge in [0.15, 0.2) is 11.8 Å². The van der Waals surface area contributed by atoms with E-state index in [1.54, 1.807) is 36.4 Å². The molecule has 2 aromatic carbocycles. The summed E-state index contributed by atoms with van der Waals surface area (Å²) < 4.78 is 5.10. The number of anilines is 1. The lowest BCUT2D eigenvalue weighted by molar-refractivity contribution is -0.153. The SMILES string of the molecule is CC(OC(=O)CCNC(=O)c1n[nH]c2ccccc12)C(=O)Nc1cccc(Cl)c1Cl. The summed E-state index contributed by atoms with van der Waals surface area (Å²) in [6.07, 6.45) is -1.16. The first-order valence-electron chi connectivity index (χ1n) is 9.02. The molecule has 0 aliphatic carbocycles. The Morgan fingerprint density at radius 2 is 1.90 bits per heavy atom. The van der Waals surface area contributed by atoms with Gasteiger partial charge in [-0.25, -0.2) is 0 Å². The van der Waals surface area contributed by atoms with Crippen molar-refractivity contribution in [2.75, 3.05) is 11.9 Å². The minimum absolute atomic E-state index is 0.0350. The van der Waals surface area contributed by atoms with Crippen LogP contribution in [0.5, 0.6) is 0 Å². The zero-order chi connectivity index (χ0) is 21.7. The Kier molecular flexibility index (Phi) is 6.91. The molecule has 10 heteroatoms. The number of aromatic nitrogens is 2. The second kappa shape index (κ2) is 9.60. The predicted octanol–water partition coefficient (Wildman–Crippen LogP) is 3.56. The highest BCUT2D eigenvalue weighted by Crippen LogP contribution is 2.29. The molecule has 0 spiro atoms. The predicted molar refractivity (Wildman–Crippen MR) is 114 cm³/mol. The lowest BCUT2D eigenvalue weighted by Crippen LogP contribution is -2.32. The largest absolute Gasteiger partial charge is 0.452 e. The number of carbonyl (C=O) groups excluding carboxylic acids is 3. The van der Waals surface area contributed by atoms with Gasteiger partial charge in [0, 0.05) is 11.9 Å². The zero-order valence-electron chi connectivity index (χ0n) is 15.9. The van der Waals surface area contributed by atoms with Crippen molar-refractivity contribution < 1.29 is 19.1 Å². The summed E-state index contributed by atoms with van der Waals surface area (Å²) in [4.78, 5) is 36.5. The maximum Gasteiger partial charge on any atom is 0.308 e. The number of halogens is 2. The topological polar surface area (TPSA) is 113 Å². The van der Waals surface area contributed by atoms with Crippen molar-refractivity contribution in [2.45, 2.75) is 19.4 Å². The minimum Gasteiger partial charge on any atom is -0.452 e. The number of nitrogens with zero attached hydrogens (tertiary/aromatic N) is 1. The number of aromatic amines is 1. The molecule has 8 nitrogen and oxygen atoms in total. The van der Waals surface area contributed by atoms with Crippen molar-refractivity contribution in [2.24, 2.45) is 0 Å². The second-order valence-corrected chi connectivity index (χ2v) is 7.13. The first-order valence-corrected chi connectivity index (χ1v) is 9.78. The number of hydrogen-bond acceptors (Lipinski definition) is 5. The molecule has 1 heterocycles. The van der Waals surface area contributed by atoms with Gasteiger partial charge in [-0.1, -0.05) is 47.5 Å². The second-order valence-electron chi connectivity index (χ2n) is 6.35. The Hall–Kier alpha value is -3.10. The number of ether oxygens (including phenoxy) is 1. The van der Waals surface area contributed by atoms with Crippen LogP contribution in [0.1, 0.15) is 23.8 Å². The Morgan fingerprint density at radius 3 is 2.70 bits per heavy atom. The van der Waals surface area contributed by atoms with E-state index in [0.717, 1.165) is 5.52 Å². The molecule has 0 aliphatic heterocycles. The maximum atomic E-state index is 12.3. The number of nitrogens with one attached hydrogen (secondary N) is 3. The van der Waals surface area contributed by atoms with Crippen molar-refractivity contribution >= 4 is 57.6 Å². The van der Waals surface area contributed by atoms with E-state index in [9.17, 15) is 14.4 Å². The number of fused-ring (bicyclic) bond motifs is 1. The third-order valence-electron chi connectivity index (χ3n) is 4.19. The van der Waals surface area contributed by atoms with Crippen LogP contribution < -0.4 is 10.6 Å². The fraction of sp³-hybridized carbons (Fsp3) is 0.200. The summed E-state index contributed by atoms with van der Waals surface area (Å²) >= 11 is 11.9. The summed E-state index contributed by atoms with van der Waals surface area (Å²) in [5, 5.41) is 13.1. The molecule has 0 saturated heterocycles. The van der Waals surface area contributed by atoms with E-state index in [0.29, 0.717) is 16.1 Å². The van der Waals surface area contributed by atoms with Crippen LogP contribution in [0.25, 0.3) is 10.9 Å². The molecule has 0 radical (unpaired) electrons. The Balaban J connectivity index is 1.46. The van der Waals surface area contributed by atoms with Gasteiger partial charge in [0.25, 0.3) is 11.8 Å². The van der Waals surface area contributed by atoms with E-state index >= 15 is 0 Å².